The molecular formula is C14H20O3S. The molecule has 0 heterocycles. The van der Waals surface area contributed by atoms with E-state index in [1.54, 1.807) is 32.9 Å². The Hall–Kier alpha value is -1.16. The molecule has 0 bridgehead atoms. The Morgan fingerprint density at radius 1 is 1.22 bits per heavy atom. The highest BCUT2D eigenvalue weighted by molar-refractivity contribution is 7.99. The van der Waals surface area contributed by atoms with Crippen molar-refractivity contribution in [2.45, 2.75) is 37.3 Å². The minimum Gasteiger partial charge on any atom is -0.496 e. The van der Waals surface area contributed by atoms with Gasteiger partial charge in [-0.3, -0.25) is 4.79 Å². The second-order valence-corrected chi connectivity index (χ2v) is 6.00. The fourth-order valence-electron chi connectivity index (χ4n) is 1.72. The lowest BCUT2D eigenvalue weighted by molar-refractivity contribution is -0.116. The maximum absolute atomic E-state index is 11.3. The Morgan fingerprint density at radius 2 is 1.72 bits per heavy atom. The van der Waals surface area contributed by atoms with Crippen LogP contribution in [-0.2, 0) is 11.2 Å². The van der Waals surface area contributed by atoms with E-state index < -0.39 is 0 Å². The van der Waals surface area contributed by atoms with Crippen molar-refractivity contribution in [3.63, 3.8) is 0 Å². The van der Waals surface area contributed by atoms with Crippen LogP contribution < -0.4 is 9.47 Å². The van der Waals surface area contributed by atoms with E-state index in [-0.39, 0.29) is 5.78 Å². The number of rotatable bonds is 6. The molecule has 0 aliphatic rings. The van der Waals surface area contributed by atoms with Crippen molar-refractivity contribution in [2.75, 3.05) is 14.2 Å². The molecule has 0 spiro atoms. The second-order valence-electron chi connectivity index (χ2n) is 4.35. The smallest absolute Gasteiger partial charge is 0.134 e. The number of carbonyl (C=O) groups is 1. The maximum atomic E-state index is 11.3. The van der Waals surface area contributed by atoms with Crippen LogP contribution in [0.5, 0.6) is 11.5 Å². The van der Waals surface area contributed by atoms with E-state index in [0.717, 1.165) is 10.5 Å². The van der Waals surface area contributed by atoms with Crippen molar-refractivity contribution in [3.05, 3.63) is 17.7 Å². The Kier molecular flexibility index (Phi) is 5.54. The van der Waals surface area contributed by atoms with E-state index in [2.05, 4.69) is 13.8 Å². The highest BCUT2D eigenvalue weighted by Gasteiger charge is 2.15. The Labute approximate surface area is 113 Å². The summed E-state index contributed by atoms with van der Waals surface area (Å²) in [5, 5.41) is 0.484. The first-order valence-electron chi connectivity index (χ1n) is 5.89. The number of thioether (sulfide) groups is 1. The van der Waals surface area contributed by atoms with E-state index >= 15 is 0 Å². The number of ketones is 1. The van der Waals surface area contributed by atoms with Crippen molar-refractivity contribution in [2.24, 2.45) is 0 Å². The van der Waals surface area contributed by atoms with E-state index in [0.29, 0.717) is 23.2 Å². The van der Waals surface area contributed by atoms with Crippen molar-refractivity contribution in [1.29, 1.82) is 0 Å². The summed E-state index contributed by atoms with van der Waals surface area (Å²) in [5.41, 5.74) is 0.820. The molecule has 0 fully saturated rings. The average molecular weight is 268 g/mol. The minimum atomic E-state index is 0.0934. The third kappa shape index (κ3) is 3.95. The molecule has 100 valence electrons. The van der Waals surface area contributed by atoms with Crippen LogP contribution in [0.15, 0.2) is 17.0 Å². The van der Waals surface area contributed by atoms with Crippen LogP contribution >= 0.6 is 11.8 Å². The molecular weight excluding hydrogens is 248 g/mol. The highest BCUT2D eigenvalue weighted by Crippen LogP contribution is 2.36. The fraction of sp³-hybridized carbons (Fsp3) is 0.500. The van der Waals surface area contributed by atoms with E-state index in [4.69, 9.17) is 9.47 Å². The Bertz CT molecular complexity index is 402. The van der Waals surface area contributed by atoms with Gasteiger partial charge >= 0.3 is 0 Å². The second kappa shape index (κ2) is 6.69. The van der Waals surface area contributed by atoms with Gasteiger partial charge in [0, 0.05) is 22.1 Å². The van der Waals surface area contributed by atoms with Gasteiger partial charge in [-0.05, 0) is 19.1 Å². The van der Waals surface area contributed by atoms with E-state index in [9.17, 15) is 4.79 Å². The molecule has 0 radical (unpaired) electrons. The first-order chi connectivity index (χ1) is 8.47. The first kappa shape index (κ1) is 14.9. The number of hydrogen-bond acceptors (Lipinski definition) is 4. The lowest BCUT2D eigenvalue weighted by atomic mass is 10.1. The fourth-order valence-corrected chi connectivity index (χ4v) is 2.62. The van der Waals surface area contributed by atoms with Crippen molar-refractivity contribution in [3.8, 4) is 11.5 Å². The van der Waals surface area contributed by atoms with Crippen LogP contribution in [0.4, 0.5) is 0 Å². The van der Waals surface area contributed by atoms with Gasteiger partial charge < -0.3 is 9.47 Å². The normalized spacial score (nSPS) is 10.6. The van der Waals surface area contributed by atoms with Crippen molar-refractivity contribution in [1.82, 2.24) is 0 Å². The Balaban J connectivity index is 3.20. The molecule has 0 saturated heterocycles. The molecule has 0 amide bonds. The van der Waals surface area contributed by atoms with Gasteiger partial charge in [0.25, 0.3) is 0 Å². The van der Waals surface area contributed by atoms with Gasteiger partial charge in [0.2, 0.25) is 0 Å². The standard InChI is InChI=1S/C14H20O3S/c1-9(2)18-11-7-13(16-4)12(6-10(3)15)14(8-11)17-5/h7-9H,6H2,1-5H3. The minimum absolute atomic E-state index is 0.0934. The van der Waals surface area contributed by atoms with Gasteiger partial charge in [0.1, 0.15) is 17.3 Å². The maximum Gasteiger partial charge on any atom is 0.134 e. The summed E-state index contributed by atoms with van der Waals surface area (Å²) >= 11 is 1.74. The van der Waals surface area contributed by atoms with Crippen molar-refractivity contribution < 1.29 is 14.3 Å². The highest BCUT2D eigenvalue weighted by atomic mass is 32.2. The number of carbonyl (C=O) groups excluding carboxylic acids is 1. The molecule has 0 aliphatic heterocycles. The molecule has 1 rings (SSSR count). The van der Waals surface area contributed by atoms with E-state index in [1.165, 1.54) is 0 Å². The van der Waals surface area contributed by atoms with Gasteiger partial charge in [-0.1, -0.05) is 13.8 Å². The summed E-state index contributed by atoms with van der Waals surface area (Å²) in [6.07, 6.45) is 0.332. The SMILES string of the molecule is COc1cc(SC(C)C)cc(OC)c1CC(C)=O. The van der Waals surface area contributed by atoms with Crippen LogP contribution in [-0.4, -0.2) is 25.3 Å². The van der Waals surface area contributed by atoms with Crippen LogP contribution in [0.3, 0.4) is 0 Å². The zero-order valence-corrected chi connectivity index (χ0v) is 12.4. The number of methoxy groups -OCH3 is 2. The lowest BCUT2D eigenvalue weighted by Crippen LogP contribution is -2.03. The first-order valence-corrected chi connectivity index (χ1v) is 6.76. The van der Waals surface area contributed by atoms with Crippen LogP contribution in [0.25, 0.3) is 0 Å². The largest absolute Gasteiger partial charge is 0.496 e. The Morgan fingerprint density at radius 3 is 2.06 bits per heavy atom. The molecule has 3 nitrogen and oxygen atoms in total. The third-order valence-corrected chi connectivity index (χ3v) is 3.36. The van der Waals surface area contributed by atoms with Gasteiger partial charge in [0.15, 0.2) is 0 Å². The molecule has 1 aromatic carbocycles. The summed E-state index contributed by atoms with van der Waals surface area (Å²) in [4.78, 5) is 12.4. The van der Waals surface area contributed by atoms with Gasteiger partial charge in [-0.2, -0.15) is 0 Å². The molecule has 0 saturated carbocycles. The lowest BCUT2D eigenvalue weighted by Gasteiger charge is -2.15. The van der Waals surface area contributed by atoms with Crippen molar-refractivity contribution >= 4 is 17.5 Å². The third-order valence-electron chi connectivity index (χ3n) is 2.38. The molecule has 0 aromatic heterocycles. The number of benzene rings is 1. The van der Waals surface area contributed by atoms with E-state index in [1.807, 2.05) is 12.1 Å². The van der Waals surface area contributed by atoms with Crippen LogP contribution in [0.2, 0.25) is 0 Å². The molecule has 1 aromatic rings. The summed E-state index contributed by atoms with van der Waals surface area (Å²) in [6, 6.07) is 3.93. The molecule has 18 heavy (non-hydrogen) atoms. The summed E-state index contributed by atoms with van der Waals surface area (Å²) in [5.74, 6) is 1.52. The van der Waals surface area contributed by atoms with Gasteiger partial charge in [0.05, 0.1) is 14.2 Å². The summed E-state index contributed by atoms with van der Waals surface area (Å²) in [6.45, 7) is 5.83. The van der Waals surface area contributed by atoms with Gasteiger partial charge in [-0.15, -0.1) is 11.8 Å². The summed E-state index contributed by atoms with van der Waals surface area (Å²) < 4.78 is 10.7. The number of ether oxygens (including phenoxy) is 2. The number of hydrogen-bond donors (Lipinski definition) is 0. The monoisotopic (exact) mass is 268 g/mol. The predicted molar refractivity (Wildman–Crippen MR) is 74.9 cm³/mol. The molecule has 0 aliphatic carbocycles. The molecule has 0 atom stereocenters. The van der Waals surface area contributed by atoms with Crippen LogP contribution in [0.1, 0.15) is 26.3 Å². The summed E-state index contributed by atoms with van der Waals surface area (Å²) in [7, 11) is 3.23. The predicted octanol–water partition coefficient (Wildman–Crippen LogP) is 3.34. The average Bonchev–Trinajstić information content (AvgIpc) is 2.29. The zero-order chi connectivity index (χ0) is 13.7. The van der Waals surface area contributed by atoms with Gasteiger partial charge in [-0.25, -0.2) is 0 Å². The number of Topliss-reactive ketones (excluding diaryl/α,β-unsaturated/α-hetero) is 1. The molecule has 4 heteroatoms. The molecule has 0 unspecified atom stereocenters. The topological polar surface area (TPSA) is 35.5 Å². The zero-order valence-electron chi connectivity index (χ0n) is 11.6. The van der Waals surface area contributed by atoms with Crippen LogP contribution in [0, 0.1) is 0 Å². The molecule has 0 N–H and O–H groups in total. The quantitative estimate of drug-likeness (QED) is 0.741.